The average molecular weight is 254 g/mol. The van der Waals surface area contributed by atoms with Gasteiger partial charge in [0.25, 0.3) is 0 Å². The highest BCUT2D eigenvalue weighted by Crippen LogP contribution is 2.19. The zero-order valence-corrected chi connectivity index (χ0v) is 12.2. The van der Waals surface area contributed by atoms with Crippen LogP contribution in [-0.4, -0.2) is 5.71 Å². The molecule has 0 aromatic heterocycles. The first-order chi connectivity index (χ1) is 8.95. The molecule has 0 aliphatic rings. The summed E-state index contributed by atoms with van der Waals surface area (Å²) in [7, 11) is 0. The van der Waals surface area contributed by atoms with Crippen molar-refractivity contribution in [1.29, 1.82) is 0 Å². The van der Waals surface area contributed by atoms with Crippen LogP contribution in [0.1, 0.15) is 31.9 Å². The smallest absolute Gasteiger partial charge is 0.0419 e. The molecule has 0 amide bonds. The Labute approximate surface area is 116 Å². The predicted molar refractivity (Wildman–Crippen MR) is 85.0 cm³/mol. The monoisotopic (exact) mass is 254 g/mol. The fourth-order valence-corrected chi connectivity index (χ4v) is 1.77. The van der Waals surface area contributed by atoms with Gasteiger partial charge in [0, 0.05) is 11.4 Å². The second-order valence-electron chi connectivity index (χ2n) is 4.67. The van der Waals surface area contributed by atoms with Crippen LogP contribution in [-0.2, 0) is 0 Å². The maximum Gasteiger partial charge on any atom is 0.0419 e. The molecule has 1 rings (SSSR count). The van der Waals surface area contributed by atoms with Crippen LogP contribution >= 0.6 is 0 Å². The largest absolute Gasteiger partial charge is 0.404 e. The van der Waals surface area contributed by atoms with Gasteiger partial charge in [-0.2, -0.15) is 0 Å². The number of aliphatic imine (C=N–C) groups is 1. The molecule has 1 aromatic rings. The molecular formula is C17H22N2. The third-order valence-electron chi connectivity index (χ3n) is 3.04. The molecule has 2 heteroatoms. The van der Waals surface area contributed by atoms with E-state index in [1.54, 1.807) is 6.20 Å². The number of nitrogens with zero attached hydrogens (tertiary/aromatic N) is 1. The highest BCUT2D eigenvalue weighted by Gasteiger charge is 2.00. The fourth-order valence-electron chi connectivity index (χ4n) is 1.77. The molecule has 0 heterocycles. The van der Waals surface area contributed by atoms with Gasteiger partial charge in [-0.3, -0.25) is 4.99 Å². The van der Waals surface area contributed by atoms with Gasteiger partial charge in [0.15, 0.2) is 0 Å². The minimum Gasteiger partial charge on any atom is -0.404 e. The van der Waals surface area contributed by atoms with Gasteiger partial charge < -0.3 is 5.73 Å². The molecule has 100 valence electrons. The quantitative estimate of drug-likeness (QED) is 0.633. The molecule has 0 spiro atoms. The van der Waals surface area contributed by atoms with E-state index >= 15 is 0 Å². The summed E-state index contributed by atoms with van der Waals surface area (Å²) in [5.41, 5.74) is 11.7. The third-order valence-corrected chi connectivity index (χ3v) is 3.04. The van der Waals surface area contributed by atoms with Crippen LogP contribution in [0, 0.1) is 6.92 Å². The minimum atomic E-state index is 0.923. The van der Waals surface area contributed by atoms with E-state index in [1.807, 2.05) is 39.0 Å². The average Bonchev–Trinajstić information content (AvgIpc) is 2.37. The van der Waals surface area contributed by atoms with E-state index in [2.05, 4.69) is 30.6 Å². The van der Waals surface area contributed by atoms with Crippen molar-refractivity contribution < 1.29 is 0 Å². The summed E-state index contributed by atoms with van der Waals surface area (Å²) in [5.74, 6) is 0. The zero-order valence-electron chi connectivity index (χ0n) is 12.2. The lowest BCUT2D eigenvalue weighted by molar-refractivity contribution is 1.28. The van der Waals surface area contributed by atoms with Crippen molar-refractivity contribution in [1.82, 2.24) is 0 Å². The topological polar surface area (TPSA) is 38.4 Å². The van der Waals surface area contributed by atoms with E-state index in [-0.39, 0.29) is 0 Å². The van der Waals surface area contributed by atoms with Crippen LogP contribution in [0.25, 0.3) is 5.57 Å². The van der Waals surface area contributed by atoms with Crippen LogP contribution in [0.3, 0.4) is 0 Å². The van der Waals surface area contributed by atoms with Gasteiger partial charge in [0.1, 0.15) is 0 Å². The first-order valence-corrected chi connectivity index (χ1v) is 6.33. The summed E-state index contributed by atoms with van der Waals surface area (Å²) < 4.78 is 0. The summed E-state index contributed by atoms with van der Waals surface area (Å²) in [6.07, 6.45) is 3.57. The van der Waals surface area contributed by atoms with E-state index in [9.17, 15) is 0 Å². The third kappa shape index (κ3) is 4.25. The van der Waals surface area contributed by atoms with E-state index in [1.165, 1.54) is 5.56 Å². The van der Waals surface area contributed by atoms with Gasteiger partial charge in [-0.25, -0.2) is 0 Å². The molecule has 2 N–H and O–H groups in total. The summed E-state index contributed by atoms with van der Waals surface area (Å²) in [5, 5.41) is 0. The molecule has 1 aromatic carbocycles. The van der Waals surface area contributed by atoms with Crippen molar-refractivity contribution in [3.05, 3.63) is 65.5 Å². The van der Waals surface area contributed by atoms with E-state index in [0.29, 0.717) is 0 Å². The van der Waals surface area contributed by atoms with Gasteiger partial charge in [-0.05, 0) is 62.2 Å². The van der Waals surface area contributed by atoms with Gasteiger partial charge in [-0.15, -0.1) is 0 Å². The summed E-state index contributed by atoms with van der Waals surface area (Å²) >= 11 is 0. The molecule has 0 saturated heterocycles. The van der Waals surface area contributed by atoms with Crippen molar-refractivity contribution >= 4 is 11.3 Å². The van der Waals surface area contributed by atoms with Crippen LogP contribution in [0.15, 0.2) is 59.4 Å². The number of benzene rings is 1. The molecule has 0 atom stereocenters. The van der Waals surface area contributed by atoms with E-state index in [0.717, 1.165) is 28.1 Å². The van der Waals surface area contributed by atoms with Gasteiger partial charge >= 0.3 is 0 Å². The Morgan fingerprint density at radius 2 is 1.84 bits per heavy atom. The Bertz CT molecular complexity index is 560. The van der Waals surface area contributed by atoms with Gasteiger partial charge in [0.2, 0.25) is 0 Å². The molecule has 2 nitrogen and oxygen atoms in total. The normalized spacial score (nSPS) is 13.6. The molecule has 0 radical (unpaired) electrons. The van der Waals surface area contributed by atoms with Crippen molar-refractivity contribution in [3.63, 3.8) is 0 Å². The maximum atomic E-state index is 5.48. The molecule has 0 aliphatic heterocycles. The molecule has 0 bridgehead atoms. The van der Waals surface area contributed by atoms with Crippen molar-refractivity contribution in [2.75, 3.05) is 0 Å². The SMILES string of the molecule is C=C(\C=C(C)/N=C(C)\C(C)=C/N)c1ccccc1C. The number of aryl methyl sites for hydroxylation is 1. The number of allylic oxidation sites excluding steroid dienone is 4. The Morgan fingerprint density at radius 1 is 1.21 bits per heavy atom. The van der Waals surface area contributed by atoms with Crippen LogP contribution in [0.2, 0.25) is 0 Å². The zero-order chi connectivity index (χ0) is 14.4. The van der Waals surface area contributed by atoms with E-state index in [4.69, 9.17) is 5.73 Å². The lowest BCUT2D eigenvalue weighted by Gasteiger charge is -2.06. The lowest BCUT2D eigenvalue weighted by Crippen LogP contribution is -1.97. The first-order valence-electron chi connectivity index (χ1n) is 6.33. The Hall–Kier alpha value is -2.09. The minimum absolute atomic E-state index is 0.923. The number of hydrogen-bond donors (Lipinski definition) is 1. The Balaban J connectivity index is 2.98. The van der Waals surface area contributed by atoms with Crippen LogP contribution < -0.4 is 5.73 Å². The molecule has 0 fully saturated rings. The summed E-state index contributed by atoms with van der Waals surface area (Å²) in [6, 6.07) is 8.20. The molecular weight excluding hydrogens is 232 g/mol. The molecule has 0 aliphatic carbocycles. The first kappa shape index (κ1) is 15.0. The van der Waals surface area contributed by atoms with E-state index < -0.39 is 0 Å². The summed E-state index contributed by atoms with van der Waals surface area (Å²) in [4.78, 5) is 4.51. The second-order valence-corrected chi connectivity index (χ2v) is 4.67. The van der Waals surface area contributed by atoms with Crippen molar-refractivity contribution in [3.8, 4) is 0 Å². The predicted octanol–water partition coefficient (Wildman–Crippen LogP) is 4.24. The standard InChI is InChI=1S/C17H22N2/c1-12-8-6-7-9-17(12)13(2)10-15(4)19-16(5)14(3)11-18/h6-11H,2,18H2,1,3-5H3/b14-11-,15-10-,19-16-. The Kier molecular flexibility index (Phi) is 5.31. The lowest BCUT2D eigenvalue weighted by atomic mass is 10.0. The second kappa shape index (κ2) is 6.74. The van der Waals surface area contributed by atoms with Gasteiger partial charge in [-0.1, -0.05) is 30.8 Å². The molecule has 19 heavy (non-hydrogen) atoms. The highest BCUT2D eigenvalue weighted by atomic mass is 14.7. The maximum absolute atomic E-state index is 5.48. The molecule has 0 saturated carbocycles. The van der Waals surface area contributed by atoms with Gasteiger partial charge in [0.05, 0.1) is 0 Å². The number of hydrogen-bond acceptors (Lipinski definition) is 2. The number of rotatable bonds is 4. The van der Waals surface area contributed by atoms with Crippen molar-refractivity contribution in [2.45, 2.75) is 27.7 Å². The molecule has 0 unspecified atom stereocenters. The highest BCUT2D eigenvalue weighted by molar-refractivity contribution is 5.98. The van der Waals surface area contributed by atoms with Crippen molar-refractivity contribution in [2.24, 2.45) is 10.7 Å². The summed E-state index contributed by atoms with van der Waals surface area (Å²) in [6.45, 7) is 12.1. The fraction of sp³-hybridized carbons (Fsp3) is 0.235. The Morgan fingerprint density at radius 3 is 2.42 bits per heavy atom. The van der Waals surface area contributed by atoms with Crippen LogP contribution in [0.5, 0.6) is 0 Å². The number of nitrogens with two attached hydrogens (primary N) is 1. The van der Waals surface area contributed by atoms with Crippen LogP contribution in [0.4, 0.5) is 0 Å².